The zero-order valence-corrected chi connectivity index (χ0v) is 8.73. The first kappa shape index (κ1) is 9.65. The molecule has 2 rings (SSSR count). The summed E-state index contributed by atoms with van der Waals surface area (Å²) in [7, 11) is 0. The summed E-state index contributed by atoms with van der Waals surface area (Å²) in [6.07, 6.45) is 2.40. The van der Waals surface area contributed by atoms with Gasteiger partial charge in [0.15, 0.2) is 5.82 Å². The molecule has 0 spiro atoms. The summed E-state index contributed by atoms with van der Waals surface area (Å²) in [5.41, 5.74) is 5.68. The first-order valence-electron chi connectivity index (χ1n) is 5.26. The highest BCUT2D eigenvalue weighted by Crippen LogP contribution is 2.38. The highest BCUT2D eigenvalue weighted by molar-refractivity contribution is 5.05. The third-order valence-electron chi connectivity index (χ3n) is 2.78. The first-order valence-corrected chi connectivity index (χ1v) is 5.26. The molecule has 4 heteroatoms. The second-order valence-corrected chi connectivity index (χ2v) is 4.35. The van der Waals surface area contributed by atoms with E-state index in [-0.39, 0.29) is 5.92 Å². The largest absolute Gasteiger partial charge is 0.339 e. The van der Waals surface area contributed by atoms with E-state index in [4.69, 9.17) is 10.3 Å². The molecule has 0 amide bonds. The normalized spacial score (nSPS) is 18.9. The summed E-state index contributed by atoms with van der Waals surface area (Å²) in [4.78, 5) is 4.41. The van der Waals surface area contributed by atoms with Crippen molar-refractivity contribution in [2.45, 2.75) is 38.5 Å². The third-order valence-corrected chi connectivity index (χ3v) is 2.78. The zero-order valence-electron chi connectivity index (χ0n) is 8.73. The summed E-state index contributed by atoms with van der Waals surface area (Å²) < 4.78 is 5.24. The molecule has 2 N–H and O–H groups in total. The van der Waals surface area contributed by atoms with Crippen molar-refractivity contribution in [1.82, 2.24) is 10.1 Å². The molecule has 1 aromatic rings. The maximum atomic E-state index is 5.68. The van der Waals surface area contributed by atoms with Crippen molar-refractivity contribution in [3.8, 4) is 0 Å². The number of hydrogen-bond acceptors (Lipinski definition) is 4. The van der Waals surface area contributed by atoms with Gasteiger partial charge in [-0.2, -0.15) is 4.98 Å². The van der Waals surface area contributed by atoms with Crippen LogP contribution in [0.25, 0.3) is 0 Å². The number of nitrogens with two attached hydrogens (primary N) is 1. The molecule has 1 aromatic heterocycles. The van der Waals surface area contributed by atoms with Crippen LogP contribution in [0, 0.1) is 5.92 Å². The van der Waals surface area contributed by atoms with Gasteiger partial charge in [-0.15, -0.1) is 0 Å². The van der Waals surface area contributed by atoms with Crippen molar-refractivity contribution in [2.75, 3.05) is 6.54 Å². The van der Waals surface area contributed by atoms with E-state index in [0.29, 0.717) is 24.3 Å². The fourth-order valence-electron chi connectivity index (χ4n) is 1.56. The Bertz CT molecular complexity index is 304. The molecule has 1 heterocycles. The van der Waals surface area contributed by atoms with Crippen LogP contribution in [0.3, 0.4) is 0 Å². The van der Waals surface area contributed by atoms with Crippen LogP contribution in [-0.2, 0) is 0 Å². The number of rotatable bonds is 4. The van der Waals surface area contributed by atoms with Crippen LogP contribution < -0.4 is 5.73 Å². The lowest BCUT2D eigenvalue weighted by atomic mass is 9.96. The van der Waals surface area contributed by atoms with Gasteiger partial charge in [0.25, 0.3) is 0 Å². The molecule has 0 saturated heterocycles. The lowest BCUT2D eigenvalue weighted by molar-refractivity contribution is 0.321. The Hall–Kier alpha value is -0.900. The standard InChI is InChI=1S/C10H17N3O/c1-6(2)8(5-11)10-12-9(13-14-10)7-3-4-7/h6-8H,3-5,11H2,1-2H3. The molecular formula is C10H17N3O. The second kappa shape index (κ2) is 3.69. The molecule has 0 aromatic carbocycles. The average molecular weight is 195 g/mol. The molecule has 1 aliphatic rings. The molecule has 14 heavy (non-hydrogen) atoms. The minimum Gasteiger partial charge on any atom is -0.339 e. The molecule has 0 radical (unpaired) electrons. The predicted octanol–water partition coefficient (Wildman–Crippen LogP) is 1.65. The fraction of sp³-hybridized carbons (Fsp3) is 0.800. The molecular weight excluding hydrogens is 178 g/mol. The van der Waals surface area contributed by atoms with Crippen LogP contribution in [0.15, 0.2) is 4.52 Å². The Morgan fingerprint density at radius 1 is 1.50 bits per heavy atom. The molecule has 4 nitrogen and oxygen atoms in total. The maximum absolute atomic E-state index is 5.68. The minimum atomic E-state index is 0.204. The molecule has 1 atom stereocenters. The molecule has 0 bridgehead atoms. The SMILES string of the molecule is CC(C)C(CN)c1nc(C2CC2)no1. The van der Waals surface area contributed by atoms with Gasteiger partial charge in [-0.1, -0.05) is 19.0 Å². The van der Waals surface area contributed by atoms with Gasteiger partial charge in [0, 0.05) is 12.5 Å². The quantitative estimate of drug-likeness (QED) is 0.793. The fourth-order valence-corrected chi connectivity index (χ4v) is 1.56. The smallest absolute Gasteiger partial charge is 0.231 e. The van der Waals surface area contributed by atoms with E-state index >= 15 is 0 Å². The first-order chi connectivity index (χ1) is 6.72. The lowest BCUT2D eigenvalue weighted by Gasteiger charge is -2.13. The van der Waals surface area contributed by atoms with Crippen LogP contribution in [0.1, 0.15) is 50.2 Å². The van der Waals surface area contributed by atoms with E-state index in [1.165, 1.54) is 12.8 Å². The van der Waals surface area contributed by atoms with Gasteiger partial charge in [-0.05, 0) is 18.8 Å². The number of aromatic nitrogens is 2. The Kier molecular flexibility index (Phi) is 2.54. The molecule has 78 valence electrons. The third kappa shape index (κ3) is 1.80. The zero-order chi connectivity index (χ0) is 10.1. The number of hydrogen-bond donors (Lipinski definition) is 1. The minimum absolute atomic E-state index is 0.204. The lowest BCUT2D eigenvalue weighted by Crippen LogP contribution is -2.18. The van der Waals surface area contributed by atoms with Crippen molar-refractivity contribution in [3.05, 3.63) is 11.7 Å². The van der Waals surface area contributed by atoms with Crippen LogP contribution in [0.4, 0.5) is 0 Å². The van der Waals surface area contributed by atoms with E-state index in [1.807, 2.05) is 0 Å². The van der Waals surface area contributed by atoms with Crippen molar-refractivity contribution >= 4 is 0 Å². The summed E-state index contributed by atoms with van der Waals surface area (Å²) in [6.45, 7) is 4.82. The van der Waals surface area contributed by atoms with Crippen LogP contribution in [0.5, 0.6) is 0 Å². The maximum Gasteiger partial charge on any atom is 0.231 e. The van der Waals surface area contributed by atoms with Gasteiger partial charge in [0.1, 0.15) is 0 Å². The molecule has 0 aliphatic heterocycles. The molecule has 1 fully saturated rings. The topological polar surface area (TPSA) is 64.9 Å². The van der Waals surface area contributed by atoms with Gasteiger partial charge in [0.05, 0.1) is 5.92 Å². The van der Waals surface area contributed by atoms with E-state index < -0.39 is 0 Å². The van der Waals surface area contributed by atoms with E-state index in [2.05, 4.69) is 24.0 Å². The van der Waals surface area contributed by atoms with Gasteiger partial charge in [0.2, 0.25) is 5.89 Å². The molecule has 1 saturated carbocycles. The van der Waals surface area contributed by atoms with Crippen LogP contribution in [0.2, 0.25) is 0 Å². The van der Waals surface area contributed by atoms with Crippen molar-refractivity contribution in [1.29, 1.82) is 0 Å². The van der Waals surface area contributed by atoms with Gasteiger partial charge >= 0.3 is 0 Å². The van der Waals surface area contributed by atoms with Gasteiger partial charge < -0.3 is 10.3 Å². The van der Waals surface area contributed by atoms with Crippen LogP contribution in [-0.4, -0.2) is 16.7 Å². The van der Waals surface area contributed by atoms with Gasteiger partial charge in [-0.3, -0.25) is 0 Å². The monoisotopic (exact) mass is 195 g/mol. The van der Waals surface area contributed by atoms with E-state index in [9.17, 15) is 0 Å². The van der Waals surface area contributed by atoms with E-state index in [0.717, 1.165) is 5.82 Å². The van der Waals surface area contributed by atoms with Crippen molar-refractivity contribution < 1.29 is 4.52 Å². The van der Waals surface area contributed by atoms with Gasteiger partial charge in [-0.25, -0.2) is 0 Å². The van der Waals surface area contributed by atoms with Crippen molar-refractivity contribution in [2.24, 2.45) is 11.7 Å². The summed E-state index contributed by atoms with van der Waals surface area (Å²) in [5.74, 6) is 2.80. The Morgan fingerprint density at radius 2 is 2.21 bits per heavy atom. The summed E-state index contributed by atoms with van der Waals surface area (Å²) in [6, 6.07) is 0. The number of nitrogens with zero attached hydrogens (tertiary/aromatic N) is 2. The average Bonchev–Trinajstić information content (AvgIpc) is 2.88. The molecule has 1 aliphatic carbocycles. The van der Waals surface area contributed by atoms with E-state index in [1.54, 1.807) is 0 Å². The Labute approximate surface area is 83.9 Å². The Morgan fingerprint density at radius 3 is 2.71 bits per heavy atom. The second-order valence-electron chi connectivity index (χ2n) is 4.35. The molecule has 1 unspecified atom stereocenters. The highest BCUT2D eigenvalue weighted by atomic mass is 16.5. The van der Waals surface area contributed by atoms with Crippen LogP contribution >= 0.6 is 0 Å². The van der Waals surface area contributed by atoms with Crippen molar-refractivity contribution in [3.63, 3.8) is 0 Å². The predicted molar refractivity (Wildman–Crippen MR) is 52.9 cm³/mol. The highest BCUT2D eigenvalue weighted by Gasteiger charge is 2.30. The summed E-state index contributed by atoms with van der Waals surface area (Å²) >= 11 is 0. The Balaban J connectivity index is 2.13. The summed E-state index contributed by atoms with van der Waals surface area (Å²) in [5, 5.41) is 3.99.